The highest BCUT2D eigenvalue weighted by Crippen LogP contribution is 2.31. The molecule has 0 fully saturated rings. The molecule has 0 saturated carbocycles. The van der Waals surface area contributed by atoms with Crippen molar-refractivity contribution in [1.82, 2.24) is 24.6 Å². The van der Waals surface area contributed by atoms with E-state index >= 15 is 0 Å². The van der Waals surface area contributed by atoms with E-state index in [4.69, 9.17) is 10.7 Å². The Hall–Kier alpha value is -3.78. The first-order valence-corrected chi connectivity index (χ1v) is 11.5. The average molecular weight is 458 g/mol. The molecule has 3 heterocycles. The lowest BCUT2D eigenvalue weighted by atomic mass is 10.1. The van der Waals surface area contributed by atoms with Crippen LogP contribution in [0.15, 0.2) is 65.6 Å². The first-order chi connectivity index (χ1) is 16.4. The molecule has 34 heavy (non-hydrogen) atoms. The van der Waals surface area contributed by atoms with Crippen molar-refractivity contribution in [3.05, 3.63) is 72.0 Å². The zero-order chi connectivity index (χ0) is 24.2. The van der Waals surface area contributed by atoms with E-state index in [1.807, 2.05) is 42.9 Å². The van der Waals surface area contributed by atoms with Crippen molar-refractivity contribution < 1.29 is 4.79 Å². The first kappa shape index (κ1) is 23.4. The third kappa shape index (κ3) is 4.77. The predicted octanol–water partition coefficient (Wildman–Crippen LogP) is 4.37. The second-order valence-corrected chi connectivity index (χ2v) is 8.65. The number of nitrogens with one attached hydrogen (secondary N) is 1. The molecule has 0 unspecified atom stereocenters. The lowest BCUT2D eigenvalue weighted by Gasteiger charge is -2.18. The molecule has 0 saturated heterocycles. The van der Waals surface area contributed by atoms with E-state index in [0.717, 1.165) is 35.4 Å². The summed E-state index contributed by atoms with van der Waals surface area (Å²) in [5.41, 5.74) is 10.4. The number of imidazole rings is 1. The second-order valence-electron chi connectivity index (χ2n) is 8.65. The van der Waals surface area contributed by atoms with Crippen LogP contribution in [0, 0.1) is 0 Å². The minimum atomic E-state index is -0.191. The topological polar surface area (TPSA) is 101 Å². The number of aromatic nitrogens is 3. The Balaban J connectivity index is 1.58. The number of hydrogen-bond donors (Lipinski definition) is 2. The Morgan fingerprint density at radius 2 is 2.03 bits per heavy atom. The van der Waals surface area contributed by atoms with E-state index in [1.54, 1.807) is 24.5 Å². The van der Waals surface area contributed by atoms with Crippen LogP contribution in [0.25, 0.3) is 16.8 Å². The van der Waals surface area contributed by atoms with Crippen molar-refractivity contribution in [1.29, 1.82) is 0 Å². The van der Waals surface area contributed by atoms with Gasteiger partial charge in [0.2, 0.25) is 0 Å². The predicted molar refractivity (Wildman–Crippen MR) is 137 cm³/mol. The van der Waals surface area contributed by atoms with Crippen LogP contribution in [0.2, 0.25) is 0 Å². The number of amides is 1. The van der Waals surface area contributed by atoms with Gasteiger partial charge in [-0.3, -0.25) is 14.1 Å². The summed E-state index contributed by atoms with van der Waals surface area (Å²) in [7, 11) is 4.02. The number of benzene rings is 1. The standard InChI is InChI=1S/C26H31N7O/c1-5-6-18-7-12-21(28-14-13-18)30-26(34)20-10-8-19(9-11-20)22-23-24(27)29-15-16-33(23)25(31-22)17(2)32(3)4/h7-11,13-17H,5-6,12H2,1-4H3,(H2,27,29)(H,28,30,34)/t17-/m0/s1. The van der Waals surface area contributed by atoms with Gasteiger partial charge in [0.05, 0.1) is 6.04 Å². The molecule has 1 atom stereocenters. The number of fused-ring (bicyclic) bond motifs is 1. The van der Waals surface area contributed by atoms with Crippen LogP contribution in [0.4, 0.5) is 5.82 Å². The number of allylic oxidation sites excluding steroid dienone is 2. The molecule has 1 aliphatic heterocycles. The lowest BCUT2D eigenvalue weighted by molar-refractivity contribution is 0.0976. The molecule has 0 spiro atoms. The maximum absolute atomic E-state index is 12.8. The van der Waals surface area contributed by atoms with Crippen LogP contribution in [0.3, 0.4) is 0 Å². The van der Waals surface area contributed by atoms with Crippen LogP contribution in [0.1, 0.15) is 55.3 Å². The smallest absolute Gasteiger partial charge is 0.256 e. The van der Waals surface area contributed by atoms with Crippen LogP contribution >= 0.6 is 0 Å². The van der Waals surface area contributed by atoms with Crippen molar-refractivity contribution in [3.63, 3.8) is 0 Å². The van der Waals surface area contributed by atoms with E-state index in [1.165, 1.54) is 5.57 Å². The molecule has 0 aliphatic carbocycles. The highest BCUT2D eigenvalue weighted by atomic mass is 16.1. The second kappa shape index (κ2) is 10.0. The third-order valence-electron chi connectivity index (χ3n) is 6.05. The summed E-state index contributed by atoms with van der Waals surface area (Å²) in [6.07, 6.45) is 12.1. The lowest BCUT2D eigenvalue weighted by Crippen LogP contribution is -2.29. The number of nitrogens with two attached hydrogens (primary N) is 1. The molecule has 2 aromatic heterocycles. The summed E-state index contributed by atoms with van der Waals surface area (Å²) in [6.45, 7) is 4.24. The number of nitrogen functional groups attached to an aromatic ring is 1. The summed E-state index contributed by atoms with van der Waals surface area (Å²) < 4.78 is 1.99. The quantitative estimate of drug-likeness (QED) is 0.572. The fourth-order valence-electron chi connectivity index (χ4n) is 3.93. The zero-order valence-corrected chi connectivity index (χ0v) is 20.1. The molecular weight excluding hydrogens is 426 g/mol. The summed E-state index contributed by atoms with van der Waals surface area (Å²) in [5.74, 6) is 1.74. The van der Waals surface area contributed by atoms with Crippen LogP contribution in [-0.4, -0.2) is 45.1 Å². The Kier molecular flexibility index (Phi) is 6.88. The fraction of sp³-hybridized carbons (Fsp3) is 0.308. The first-order valence-electron chi connectivity index (χ1n) is 11.5. The van der Waals surface area contributed by atoms with Crippen molar-refractivity contribution in [2.45, 2.75) is 39.2 Å². The van der Waals surface area contributed by atoms with Gasteiger partial charge in [0.25, 0.3) is 5.91 Å². The van der Waals surface area contributed by atoms with E-state index in [2.05, 4.69) is 40.1 Å². The van der Waals surface area contributed by atoms with Gasteiger partial charge in [-0.25, -0.2) is 15.0 Å². The molecule has 1 aliphatic rings. The van der Waals surface area contributed by atoms with Crippen molar-refractivity contribution in [2.24, 2.45) is 4.99 Å². The molecular formula is C26H31N7O. The molecule has 0 radical (unpaired) electrons. The molecule has 8 heteroatoms. The number of hydrogen-bond acceptors (Lipinski definition) is 6. The van der Waals surface area contributed by atoms with Crippen LogP contribution in [0.5, 0.6) is 0 Å². The number of amidine groups is 1. The third-order valence-corrected chi connectivity index (χ3v) is 6.05. The van der Waals surface area contributed by atoms with Crippen molar-refractivity contribution in [3.8, 4) is 11.3 Å². The number of nitrogens with zero attached hydrogens (tertiary/aromatic N) is 5. The number of carbonyl (C=O) groups is 1. The van der Waals surface area contributed by atoms with E-state index in [9.17, 15) is 4.79 Å². The molecule has 176 valence electrons. The Morgan fingerprint density at radius 3 is 2.74 bits per heavy atom. The molecule has 3 aromatic rings. The Bertz CT molecular complexity index is 1280. The number of rotatable bonds is 6. The summed E-state index contributed by atoms with van der Waals surface area (Å²) in [5, 5.41) is 2.93. The van der Waals surface area contributed by atoms with E-state index in [-0.39, 0.29) is 11.9 Å². The highest BCUT2D eigenvalue weighted by Gasteiger charge is 2.21. The minimum absolute atomic E-state index is 0.0781. The number of carbonyl (C=O) groups excluding carboxylic acids is 1. The van der Waals surface area contributed by atoms with Crippen molar-refractivity contribution in [2.75, 3.05) is 19.8 Å². The maximum atomic E-state index is 12.8. The summed E-state index contributed by atoms with van der Waals surface area (Å²) in [6, 6.07) is 7.45. The maximum Gasteiger partial charge on any atom is 0.256 e. The van der Waals surface area contributed by atoms with Gasteiger partial charge in [-0.05, 0) is 45.6 Å². The molecule has 8 nitrogen and oxygen atoms in total. The SMILES string of the molecule is CCCC1=CCC(NC(=O)c2ccc(-c3nc([C@H](C)N(C)C)n4ccnc(N)c34)cc2)=NC=C1. The summed E-state index contributed by atoms with van der Waals surface area (Å²) >= 11 is 0. The Labute approximate surface area is 199 Å². The van der Waals surface area contributed by atoms with E-state index < -0.39 is 0 Å². The molecule has 1 amide bonds. The van der Waals surface area contributed by atoms with Crippen LogP contribution < -0.4 is 11.1 Å². The number of aliphatic imine (C=N–C) groups is 1. The zero-order valence-electron chi connectivity index (χ0n) is 20.1. The van der Waals surface area contributed by atoms with Gasteiger partial charge in [0, 0.05) is 36.1 Å². The van der Waals surface area contributed by atoms with Gasteiger partial charge in [-0.1, -0.05) is 37.1 Å². The fourth-order valence-corrected chi connectivity index (χ4v) is 3.93. The van der Waals surface area contributed by atoms with Gasteiger partial charge in [-0.15, -0.1) is 0 Å². The monoisotopic (exact) mass is 457 g/mol. The minimum Gasteiger partial charge on any atom is -0.382 e. The molecule has 0 bridgehead atoms. The molecule has 1 aromatic carbocycles. The largest absolute Gasteiger partial charge is 0.382 e. The number of anilines is 1. The van der Waals surface area contributed by atoms with Crippen molar-refractivity contribution >= 4 is 23.1 Å². The summed E-state index contributed by atoms with van der Waals surface area (Å²) in [4.78, 5) is 28.5. The highest BCUT2D eigenvalue weighted by molar-refractivity contribution is 6.07. The Morgan fingerprint density at radius 1 is 1.26 bits per heavy atom. The average Bonchev–Trinajstić information content (AvgIpc) is 3.09. The van der Waals surface area contributed by atoms with Gasteiger partial charge in [0.1, 0.15) is 28.7 Å². The van der Waals surface area contributed by atoms with E-state index in [0.29, 0.717) is 23.6 Å². The van der Waals surface area contributed by atoms with Gasteiger partial charge in [0.15, 0.2) is 0 Å². The normalized spacial score (nSPS) is 14.6. The van der Waals surface area contributed by atoms with Gasteiger partial charge < -0.3 is 11.1 Å². The molecule has 3 N–H and O–H groups in total. The van der Waals surface area contributed by atoms with Gasteiger partial charge >= 0.3 is 0 Å². The van der Waals surface area contributed by atoms with Crippen LogP contribution in [-0.2, 0) is 0 Å². The van der Waals surface area contributed by atoms with Gasteiger partial charge in [-0.2, -0.15) is 0 Å². The molecule has 4 rings (SSSR count).